The van der Waals surface area contributed by atoms with E-state index in [2.05, 4.69) is 6.92 Å². The smallest absolute Gasteiger partial charge is 0.330 e. The lowest BCUT2D eigenvalue weighted by Crippen LogP contribution is -2.63. The number of allylic oxidation sites excluding steroid dienone is 4. The second-order valence-electron chi connectivity index (χ2n) is 19.6. The van der Waals surface area contributed by atoms with Crippen LogP contribution < -0.4 is 0 Å². The Bertz CT molecular complexity index is 1440. The van der Waals surface area contributed by atoms with Gasteiger partial charge in [0, 0.05) is 42.1 Å². The van der Waals surface area contributed by atoms with Gasteiger partial charge in [0.25, 0.3) is 0 Å². The van der Waals surface area contributed by atoms with Gasteiger partial charge in [0.2, 0.25) is 0 Å². The van der Waals surface area contributed by atoms with E-state index in [1.807, 2.05) is 39.8 Å². The molecular weight excluding hydrogens is 801 g/mol. The minimum Gasteiger partial charge on any atom is -0.458 e. The molecule has 0 aromatic carbocycles. The van der Waals surface area contributed by atoms with Crippen molar-refractivity contribution in [1.29, 1.82) is 0 Å². The highest BCUT2D eigenvalue weighted by Gasteiger charge is 2.57. The number of aliphatic hydroxyl groups is 10. The van der Waals surface area contributed by atoms with Crippen LogP contribution in [0.15, 0.2) is 36.5 Å². The molecule has 2 saturated heterocycles. The molecule has 10 N–H and O–H groups in total. The van der Waals surface area contributed by atoms with Crippen LogP contribution in [0.5, 0.6) is 0 Å². The van der Waals surface area contributed by atoms with Gasteiger partial charge in [0.1, 0.15) is 36.1 Å². The lowest BCUT2D eigenvalue weighted by Gasteiger charge is -2.56. The summed E-state index contributed by atoms with van der Waals surface area (Å²) in [5.74, 6) is -5.10. The number of aliphatic hydroxyl groups excluding tert-OH is 9. The summed E-state index contributed by atoms with van der Waals surface area (Å²) in [5.41, 5.74) is -2.31. The molecule has 3 heterocycles. The molecule has 0 aromatic rings. The zero-order chi connectivity index (χ0) is 46.9. The molecule has 1 spiro atoms. The number of hydrogen-bond donors (Lipinski definition) is 10. The Balaban J connectivity index is 2.07. The SMILES string of the molecule is CCC[C@@]1(O)C(O)[C@@H](O)[C@H](O)[C@@H](O)C(O)[C@@H](C)[C@H](O)[C@@H](C)/C=C/C(=O)O[C@@H]2[C@H](C)[C@H](CC[C@@H](CC(C)O)/C=C/C=C/C[C@@H](C)[C@@H]1O)O[C@]1(CC[C@H](C)[C@H](C(C)[C@H](O)CC)O1)[C@H]2C. The molecule has 62 heavy (non-hydrogen) atoms. The number of ether oxygens (including phenoxy) is 3. The summed E-state index contributed by atoms with van der Waals surface area (Å²) < 4.78 is 20.3. The molecule has 3 aliphatic rings. The van der Waals surface area contributed by atoms with Crippen LogP contribution >= 0.6 is 0 Å². The molecule has 2 bridgehead atoms. The largest absolute Gasteiger partial charge is 0.458 e. The van der Waals surface area contributed by atoms with E-state index >= 15 is 0 Å². The Morgan fingerprint density at radius 2 is 1.40 bits per heavy atom. The molecule has 3 rings (SSSR count). The van der Waals surface area contributed by atoms with Gasteiger partial charge in [-0.1, -0.05) is 99.1 Å². The van der Waals surface area contributed by atoms with Crippen LogP contribution in [0.1, 0.15) is 127 Å². The molecule has 0 aliphatic carbocycles. The summed E-state index contributed by atoms with van der Waals surface area (Å²) in [7, 11) is 0. The first-order valence-electron chi connectivity index (χ1n) is 23.4. The first kappa shape index (κ1) is 54.5. The van der Waals surface area contributed by atoms with Gasteiger partial charge in [-0.15, -0.1) is 0 Å². The van der Waals surface area contributed by atoms with Crippen molar-refractivity contribution >= 4 is 5.97 Å². The van der Waals surface area contributed by atoms with E-state index in [1.165, 1.54) is 19.1 Å². The lowest BCUT2D eigenvalue weighted by molar-refractivity contribution is -0.376. The standard InChI is InChI=1S/C48H84O14/c1-11-23-47(59)45(57)28(5)16-14-13-15-17-34(25-29(6)49)19-20-36-31(8)44(33(10)48(61-36)24-22-27(4)43(62-48)30(7)35(50)12-2)60-37(51)21-18-26(3)38(52)32(9)39(53)40(54)41(55)42(56)46(47)58/h13-15,17-18,21,26-36,38-46,49-50,52-59H,11-12,16,19-20,22-25H2,1-10H3/b14-13+,17-15+,21-18+/t26-,27-,28+,29?,30?,31+,32-,33-,34-,35+,36-,38+,39?,40-,41+,42-,43+,44+,45-,46?,47-,48-/m0/s1. The van der Waals surface area contributed by atoms with Crippen molar-refractivity contribution in [2.24, 2.45) is 47.3 Å². The fraction of sp³-hybridized carbons (Fsp3) is 0.854. The van der Waals surface area contributed by atoms with Crippen LogP contribution in [-0.4, -0.2) is 142 Å². The minimum atomic E-state index is -2.31. The van der Waals surface area contributed by atoms with E-state index in [1.54, 1.807) is 39.8 Å². The molecule has 14 nitrogen and oxygen atoms in total. The van der Waals surface area contributed by atoms with Crippen LogP contribution in [0, 0.1) is 47.3 Å². The van der Waals surface area contributed by atoms with E-state index in [0.29, 0.717) is 32.1 Å². The average Bonchev–Trinajstić information content (AvgIpc) is 3.24. The molecule has 0 saturated carbocycles. The predicted molar refractivity (Wildman–Crippen MR) is 235 cm³/mol. The zero-order valence-corrected chi connectivity index (χ0v) is 39.0. The maximum Gasteiger partial charge on any atom is 0.330 e. The molecular formula is C48H84O14. The van der Waals surface area contributed by atoms with Crippen LogP contribution in [0.3, 0.4) is 0 Å². The van der Waals surface area contributed by atoms with E-state index < -0.39 is 108 Å². The third-order valence-electron chi connectivity index (χ3n) is 14.6. The summed E-state index contributed by atoms with van der Waals surface area (Å²) >= 11 is 0. The molecule has 14 heteroatoms. The molecule has 0 aromatic heterocycles. The molecule has 360 valence electrons. The lowest BCUT2D eigenvalue weighted by atomic mass is 9.73. The minimum absolute atomic E-state index is 0.0714. The van der Waals surface area contributed by atoms with E-state index in [9.17, 15) is 55.9 Å². The van der Waals surface area contributed by atoms with Crippen molar-refractivity contribution in [2.45, 2.75) is 212 Å². The van der Waals surface area contributed by atoms with Crippen molar-refractivity contribution in [3.8, 4) is 0 Å². The molecule has 4 unspecified atom stereocenters. The second-order valence-corrected chi connectivity index (χ2v) is 19.6. The van der Waals surface area contributed by atoms with E-state index in [0.717, 1.165) is 6.42 Å². The van der Waals surface area contributed by atoms with Crippen LogP contribution in [-0.2, 0) is 19.0 Å². The van der Waals surface area contributed by atoms with Gasteiger partial charge in [-0.3, -0.25) is 0 Å². The number of esters is 1. The number of carbonyl (C=O) groups excluding carboxylic acids is 1. The maximum atomic E-state index is 13.7. The Morgan fingerprint density at radius 1 is 0.758 bits per heavy atom. The summed E-state index contributed by atoms with van der Waals surface area (Å²) in [6.07, 6.45) is -1.90. The fourth-order valence-electron chi connectivity index (χ4n) is 10.1. The first-order valence-corrected chi connectivity index (χ1v) is 23.4. The van der Waals surface area contributed by atoms with Crippen molar-refractivity contribution in [3.05, 3.63) is 36.5 Å². The first-order chi connectivity index (χ1) is 29.0. The van der Waals surface area contributed by atoms with Gasteiger partial charge < -0.3 is 65.3 Å². The summed E-state index contributed by atoms with van der Waals surface area (Å²) in [6, 6.07) is 0. The predicted octanol–water partition coefficient (Wildman–Crippen LogP) is 3.69. The number of carbonyl (C=O) groups is 1. The molecule has 3 aliphatic heterocycles. The summed E-state index contributed by atoms with van der Waals surface area (Å²) in [5, 5.41) is 111. The van der Waals surface area contributed by atoms with E-state index in [-0.39, 0.29) is 49.0 Å². The molecule has 0 radical (unpaired) electrons. The van der Waals surface area contributed by atoms with Crippen LogP contribution in [0.4, 0.5) is 0 Å². The molecule has 2 fully saturated rings. The fourth-order valence-corrected chi connectivity index (χ4v) is 10.1. The van der Waals surface area contributed by atoms with Crippen molar-refractivity contribution in [3.63, 3.8) is 0 Å². The topological polar surface area (TPSA) is 247 Å². The molecule has 0 amide bonds. The maximum absolute atomic E-state index is 13.7. The van der Waals surface area contributed by atoms with Crippen molar-refractivity contribution < 1.29 is 70.1 Å². The number of fused-ring (bicyclic) bond motifs is 2. The van der Waals surface area contributed by atoms with Gasteiger partial charge in [-0.2, -0.15) is 0 Å². The molecule has 22 atom stereocenters. The Hall–Kier alpha value is -1.79. The summed E-state index contributed by atoms with van der Waals surface area (Å²) in [4.78, 5) is 13.7. The second kappa shape index (κ2) is 24.1. The number of hydrogen-bond acceptors (Lipinski definition) is 14. The van der Waals surface area contributed by atoms with Crippen molar-refractivity contribution in [2.75, 3.05) is 0 Å². The van der Waals surface area contributed by atoms with Gasteiger partial charge >= 0.3 is 5.97 Å². The highest BCUT2D eigenvalue weighted by atomic mass is 16.7. The third-order valence-corrected chi connectivity index (χ3v) is 14.6. The van der Waals surface area contributed by atoms with E-state index in [4.69, 9.17) is 14.2 Å². The number of rotatable bonds is 7. The van der Waals surface area contributed by atoms with Gasteiger partial charge in [-0.05, 0) is 69.6 Å². The normalized spacial score (nSPS) is 46.8. The van der Waals surface area contributed by atoms with Gasteiger partial charge in [0.05, 0.1) is 42.7 Å². The van der Waals surface area contributed by atoms with Crippen LogP contribution in [0.25, 0.3) is 0 Å². The quantitative estimate of drug-likeness (QED) is 0.164. The highest BCUT2D eigenvalue weighted by Crippen LogP contribution is 2.49. The van der Waals surface area contributed by atoms with Gasteiger partial charge in [0.15, 0.2) is 5.79 Å². The monoisotopic (exact) mass is 885 g/mol. The Labute approximate surface area is 370 Å². The van der Waals surface area contributed by atoms with Crippen LogP contribution in [0.2, 0.25) is 0 Å². The third kappa shape index (κ3) is 13.2. The van der Waals surface area contributed by atoms with Gasteiger partial charge in [-0.25, -0.2) is 4.79 Å². The highest BCUT2D eigenvalue weighted by molar-refractivity contribution is 5.82. The zero-order valence-electron chi connectivity index (χ0n) is 39.0. The Morgan fingerprint density at radius 3 is 2.02 bits per heavy atom. The Kier molecular flexibility index (Phi) is 21.2. The average molecular weight is 885 g/mol. The summed E-state index contributed by atoms with van der Waals surface area (Å²) in [6.45, 7) is 18.1. The van der Waals surface area contributed by atoms with Crippen molar-refractivity contribution in [1.82, 2.24) is 0 Å².